The summed E-state index contributed by atoms with van der Waals surface area (Å²) in [6, 6.07) is 0. The SMILES string of the molecule is C1CO1.CS(=O)(=O)O.N. The van der Waals surface area contributed by atoms with Gasteiger partial charge in [0.25, 0.3) is 10.1 Å². The molecule has 1 fully saturated rings. The Morgan fingerprint density at radius 3 is 1.56 bits per heavy atom. The zero-order chi connectivity index (χ0) is 6.62. The predicted octanol–water partition coefficient (Wildman–Crippen LogP) is -0.317. The van der Waals surface area contributed by atoms with Crippen molar-refractivity contribution in [1.29, 1.82) is 0 Å². The van der Waals surface area contributed by atoms with Crippen LogP contribution < -0.4 is 6.15 Å². The fraction of sp³-hybridized carbons (Fsp3) is 1.00. The molecule has 0 spiro atoms. The van der Waals surface area contributed by atoms with Gasteiger partial charge in [0.2, 0.25) is 0 Å². The van der Waals surface area contributed by atoms with E-state index in [1.165, 1.54) is 0 Å². The van der Waals surface area contributed by atoms with E-state index in [1.54, 1.807) is 0 Å². The van der Waals surface area contributed by atoms with E-state index in [1.807, 2.05) is 0 Å². The first-order valence-corrected chi connectivity index (χ1v) is 3.85. The first-order chi connectivity index (χ1) is 3.50. The highest BCUT2D eigenvalue weighted by molar-refractivity contribution is 7.85. The molecule has 4 N–H and O–H groups in total. The van der Waals surface area contributed by atoms with Crippen LogP contribution in [0.2, 0.25) is 0 Å². The van der Waals surface area contributed by atoms with Crippen molar-refractivity contribution in [2.24, 2.45) is 0 Å². The molecule has 0 radical (unpaired) electrons. The lowest BCUT2D eigenvalue weighted by Crippen LogP contribution is -1.88. The van der Waals surface area contributed by atoms with Gasteiger partial charge in [-0.15, -0.1) is 0 Å². The zero-order valence-electron chi connectivity index (χ0n) is 5.20. The van der Waals surface area contributed by atoms with Crippen LogP contribution in [0.3, 0.4) is 0 Å². The molecule has 1 rings (SSSR count). The van der Waals surface area contributed by atoms with Gasteiger partial charge in [-0.25, -0.2) is 0 Å². The molecule has 1 aliphatic heterocycles. The number of hydrogen-bond donors (Lipinski definition) is 2. The summed E-state index contributed by atoms with van der Waals surface area (Å²) >= 11 is 0. The Morgan fingerprint density at radius 1 is 1.44 bits per heavy atom. The van der Waals surface area contributed by atoms with Crippen molar-refractivity contribution in [3.8, 4) is 0 Å². The van der Waals surface area contributed by atoms with Crippen LogP contribution in [0.15, 0.2) is 0 Å². The average molecular weight is 157 g/mol. The Hall–Kier alpha value is -0.170. The first kappa shape index (κ1) is 11.6. The van der Waals surface area contributed by atoms with E-state index >= 15 is 0 Å². The Labute approximate surface area is 54.3 Å². The molecule has 1 heterocycles. The highest BCUT2D eigenvalue weighted by Gasteiger charge is 1.94. The standard InChI is InChI=1S/C2H4O.CH4O3S.H3N/c1-2-3-1;1-5(2,3)4;/h1-2H2;1H3,(H,2,3,4);1H3. The third-order valence-corrected chi connectivity index (χ3v) is 0.204. The quantitative estimate of drug-likeness (QED) is 0.370. The van der Waals surface area contributed by atoms with Crippen molar-refractivity contribution in [3.05, 3.63) is 0 Å². The van der Waals surface area contributed by atoms with Crippen molar-refractivity contribution in [1.82, 2.24) is 6.15 Å². The van der Waals surface area contributed by atoms with Gasteiger partial charge in [0.1, 0.15) is 0 Å². The second kappa shape index (κ2) is 4.68. The Balaban J connectivity index is 0. The molecule has 1 saturated heterocycles. The molecule has 9 heavy (non-hydrogen) atoms. The summed E-state index contributed by atoms with van der Waals surface area (Å²) in [6.07, 6.45) is 0.715. The summed E-state index contributed by atoms with van der Waals surface area (Å²) in [5.74, 6) is 0. The van der Waals surface area contributed by atoms with Gasteiger partial charge in [-0.3, -0.25) is 4.55 Å². The number of hydrogen-bond acceptors (Lipinski definition) is 4. The molecule has 0 aliphatic carbocycles. The Morgan fingerprint density at radius 2 is 1.56 bits per heavy atom. The van der Waals surface area contributed by atoms with E-state index in [9.17, 15) is 8.42 Å². The Kier molecular flexibility index (Phi) is 6.04. The van der Waals surface area contributed by atoms with E-state index in [4.69, 9.17) is 4.55 Å². The molecule has 5 nitrogen and oxygen atoms in total. The molecule has 0 aromatic heterocycles. The minimum Gasteiger partial charge on any atom is -0.377 e. The molecular weight excluding hydrogens is 146 g/mol. The summed E-state index contributed by atoms with van der Waals surface area (Å²) in [5.41, 5.74) is 0. The summed E-state index contributed by atoms with van der Waals surface area (Å²) < 4.78 is 30.4. The van der Waals surface area contributed by atoms with Gasteiger partial charge >= 0.3 is 0 Å². The topological polar surface area (TPSA) is 102 Å². The largest absolute Gasteiger partial charge is 0.377 e. The first-order valence-electron chi connectivity index (χ1n) is 2.00. The van der Waals surface area contributed by atoms with Crippen molar-refractivity contribution in [2.45, 2.75) is 0 Å². The van der Waals surface area contributed by atoms with Crippen LogP contribution in [-0.4, -0.2) is 32.4 Å². The van der Waals surface area contributed by atoms with Crippen LogP contribution in [-0.2, 0) is 14.9 Å². The van der Waals surface area contributed by atoms with Gasteiger partial charge in [-0.1, -0.05) is 0 Å². The molecular formula is C3H11NO4S. The maximum atomic E-state index is 9.19. The van der Waals surface area contributed by atoms with E-state index in [0.29, 0.717) is 6.26 Å². The van der Waals surface area contributed by atoms with Gasteiger partial charge in [0.05, 0.1) is 19.5 Å². The molecule has 0 aromatic carbocycles. The fourth-order valence-corrected chi connectivity index (χ4v) is 0. The highest BCUT2D eigenvalue weighted by Crippen LogP contribution is 1.84. The van der Waals surface area contributed by atoms with Crippen molar-refractivity contribution >= 4 is 10.1 Å². The van der Waals surface area contributed by atoms with Gasteiger partial charge in [0.15, 0.2) is 0 Å². The number of ether oxygens (including phenoxy) is 1. The lowest BCUT2D eigenvalue weighted by molar-refractivity contribution is 0.475. The van der Waals surface area contributed by atoms with Gasteiger partial charge in [-0.05, 0) is 0 Å². The molecule has 0 bridgehead atoms. The van der Waals surface area contributed by atoms with Crippen LogP contribution >= 0.6 is 0 Å². The molecule has 0 saturated carbocycles. The van der Waals surface area contributed by atoms with Crippen LogP contribution in [0.5, 0.6) is 0 Å². The van der Waals surface area contributed by atoms with Crippen LogP contribution in [0.4, 0.5) is 0 Å². The lowest BCUT2D eigenvalue weighted by atomic mass is 11.0. The summed E-state index contributed by atoms with van der Waals surface area (Å²) in [4.78, 5) is 0. The number of rotatable bonds is 0. The Bertz CT molecular complexity index is 127. The predicted molar refractivity (Wildman–Crippen MR) is 33.3 cm³/mol. The molecule has 0 unspecified atom stereocenters. The molecule has 0 amide bonds. The smallest absolute Gasteiger partial charge is 0.261 e. The molecule has 0 atom stereocenters. The highest BCUT2D eigenvalue weighted by atomic mass is 32.2. The summed E-state index contributed by atoms with van der Waals surface area (Å²) in [6.45, 7) is 2.00. The minimum absolute atomic E-state index is 0. The molecule has 58 valence electrons. The van der Waals surface area contributed by atoms with Gasteiger partial charge < -0.3 is 10.9 Å². The van der Waals surface area contributed by atoms with E-state index in [-0.39, 0.29) is 6.15 Å². The molecule has 6 heteroatoms. The van der Waals surface area contributed by atoms with Gasteiger partial charge in [0, 0.05) is 0 Å². The van der Waals surface area contributed by atoms with Crippen molar-refractivity contribution < 1.29 is 17.7 Å². The molecule has 0 aromatic rings. The van der Waals surface area contributed by atoms with Crippen molar-refractivity contribution in [3.63, 3.8) is 0 Å². The minimum atomic E-state index is -3.67. The normalized spacial score (nSPS) is 14.4. The van der Waals surface area contributed by atoms with Crippen LogP contribution in [0, 0.1) is 0 Å². The number of epoxide rings is 1. The van der Waals surface area contributed by atoms with Crippen LogP contribution in [0.1, 0.15) is 0 Å². The fourth-order valence-electron chi connectivity index (χ4n) is 0. The van der Waals surface area contributed by atoms with E-state index in [2.05, 4.69) is 4.74 Å². The third-order valence-electron chi connectivity index (χ3n) is 0.204. The second-order valence-electron chi connectivity index (χ2n) is 1.35. The van der Waals surface area contributed by atoms with Crippen LogP contribution in [0.25, 0.3) is 0 Å². The van der Waals surface area contributed by atoms with Gasteiger partial charge in [-0.2, -0.15) is 8.42 Å². The van der Waals surface area contributed by atoms with Crippen molar-refractivity contribution in [2.75, 3.05) is 19.5 Å². The summed E-state index contributed by atoms with van der Waals surface area (Å²) in [7, 11) is -3.67. The van der Waals surface area contributed by atoms with E-state index < -0.39 is 10.1 Å². The second-order valence-corrected chi connectivity index (χ2v) is 2.81. The monoisotopic (exact) mass is 157 g/mol. The lowest BCUT2D eigenvalue weighted by Gasteiger charge is -1.69. The maximum absolute atomic E-state index is 9.19. The third kappa shape index (κ3) is 386. The molecule has 1 aliphatic rings. The average Bonchev–Trinajstić information content (AvgIpc) is 1.95. The zero-order valence-corrected chi connectivity index (χ0v) is 6.02. The van der Waals surface area contributed by atoms with E-state index in [0.717, 1.165) is 13.2 Å². The summed E-state index contributed by atoms with van der Waals surface area (Å²) in [5, 5.41) is 0. The maximum Gasteiger partial charge on any atom is 0.261 e.